The maximum absolute atomic E-state index is 13.3. The number of aryl methyl sites for hydroxylation is 3. The summed E-state index contributed by atoms with van der Waals surface area (Å²) in [6.07, 6.45) is 1.75. The van der Waals surface area contributed by atoms with Crippen molar-refractivity contribution in [3.63, 3.8) is 0 Å². The lowest BCUT2D eigenvalue weighted by Crippen LogP contribution is -2.18. The van der Waals surface area contributed by atoms with Crippen molar-refractivity contribution in [2.75, 3.05) is 7.11 Å². The van der Waals surface area contributed by atoms with Crippen LogP contribution < -0.4 is 5.56 Å². The third kappa shape index (κ3) is 4.21. The van der Waals surface area contributed by atoms with Crippen molar-refractivity contribution >= 4 is 27.6 Å². The molecule has 0 fully saturated rings. The second-order valence-electron chi connectivity index (χ2n) is 7.58. The summed E-state index contributed by atoms with van der Waals surface area (Å²) in [4.78, 5) is 16.8. The van der Waals surface area contributed by atoms with Gasteiger partial charge < -0.3 is 9.13 Å². The summed E-state index contributed by atoms with van der Waals surface area (Å²) >= 11 is 0. The molecule has 0 aliphatic heterocycles. The maximum Gasteiger partial charge on any atom is 0.253 e. The van der Waals surface area contributed by atoms with Gasteiger partial charge in [-0.1, -0.05) is 12.1 Å². The molecule has 0 spiro atoms. The second kappa shape index (κ2) is 8.68. The van der Waals surface area contributed by atoms with E-state index in [1.807, 2.05) is 23.6 Å². The first-order valence-corrected chi connectivity index (χ1v) is 11.1. The minimum atomic E-state index is -2.25. The van der Waals surface area contributed by atoms with Crippen molar-refractivity contribution in [1.29, 1.82) is 0 Å². The number of halogens is 1. The number of hydrogen-bond donors (Lipinski definition) is 1. The number of benzene rings is 2. The Labute approximate surface area is 186 Å². The Morgan fingerprint density at radius 1 is 1.12 bits per heavy atom. The van der Waals surface area contributed by atoms with E-state index in [0.717, 1.165) is 28.0 Å². The van der Waals surface area contributed by atoms with E-state index in [4.69, 9.17) is 4.18 Å². The van der Waals surface area contributed by atoms with Gasteiger partial charge in [0.2, 0.25) is 0 Å². The predicted molar refractivity (Wildman–Crippen MR) is 124 cm³/mol. The van der Waals surface area contributed by atoms with Crippen LogP contribution in [0.1, 0.15) is 17.0 Å². The number of imidazole rings is 1. The quantitative estimate of drug-likeness (QED) is 0.461. The minimum absolute atomic E-state index is 0.0700. The maximum atomic E-state index is 13.3. The molecule has 9 heteroatoms. The Morgan fingerprint density at radius 3 is 2.50 bits per heavy atom. The third-order valence-corrected chi connectivity index (χ3v) is 6.01. The molecule has 2 heterocycles. The summed E-state index contributed by atoms with van der Waals surface area (Å²) in [5, 5.41) is 0. The number of aromatic nitrogens is 3. The van der Waals surface area contributed by atoms with Gasteiger partial charge in [0.25, 0.3) is 5.56 Å². The van der Waals surface area contributed by atoms with E-state index >= 15 is 0 Å². The zero-order valence-corrected chi connectivity index (χ0v) is 19.1. The Bertz CT molecular complexity index is 1440. The van der Waals surface area contributed by atoms with E-state index in [1.54, 1.807) is 38.4 Å². The molecule has 0 bridgehead atoms. The van der Waals surface area contributed by atoms with Crippen molar-refractivity contribution in [2.24, 2.45) is 11.4 Å². The van der Waals surface area contributed by atoms with Gasteiger partial charge in [-0.25, -0.2) is 13.6 Å². The first-order chi connectivity index (χ1) is 15.3. The summed E-state index contributed by atoms with van der Waals surface area (Å²) in [5.74, 6) is 0.444. The van der Waals surface area contributed by atoms with Crippen molar-refractivity contribution < 1.29 is 12.8 Å². The molecule has 4 aromatic rings. The van der Waals surface area contributed by atoms with Gasteiger partial charge in [-0.3, -0.25) is 8.98 Å². The monoisotopic (exact) mass is 454 g/mol. The lowest BCUT2D eigenvalue weighted by atomic mass is 10.0. The first kappa shape index (κ1) is 21.9. The molecule has 1 atom stereocenters. The number of thiol groups is 1. The molecule has 166 valence electrons. The fourth-order valence-corrected chi connectivity index (χ4v) is 4.11. The van der Waals surface area contributed by atoms with Crippen LogP contribution in [0.2, 0.25) is 0 Å². The summed E-state index contributed by atoms with van der Waals surface area (Å²) < 4.78 is 38.1. The van der Waals surface area contributed by atoms with E-state index in [0.29, 0.717) is 23.3 Å². The molecule has 32 heavy (non-hydrogen) atoms. The van der Waals surface area contributed by atoms with E-state index in [2.05, 4.69) is 9.35 Å². The van der Waals surface area contributed by atoms with Crippen molar-refractivity contribution in [1.82, 2.24) is 14.1 Å². The number of rotatable bonds is 5. The minimum Gasteiger partial charge on any atom is -0.324 e. The normalized spacial score (nSPS) is 12.5. The fraction of sp³-hybridized carbons (Fsp3) is 0.217. The smallest absolute Gasteiger partial charge is 0.253 e. The molecule has 2 aromatic heterocycles. The van der Waals surface area contributed by atoms with Gasteiger partial charge in [-0.15, -0.1) is 0 Å². The fourth-order valence-electron chi connectivity index (χ4n) is 3.70. The van der Waals surface area contributed by atoms with Crippen LogP contribution in [0, 0.1) is 19.7 Å². The highest BCUT2D eigenvalue weighted by molar-refractivity contribution is 7.69. The molecular formula is C23H23FN4O3S. The standard InChI is InChI=1S/C23H23FN4O3S/c1-14-9-18(13-27(3)23(14)29)17-10-20(26-32(30)31-4)22-21(11-17)28(15(2)25-22)12-16-5-7-19(24)8-6-16/h5-11,13,32H,12H2,1-4H3. The van der Waals surface area contributed by atoms with Gasteiger partial charge in [0, 0.05) is 25.4 Å². The average molecular weight is 455 g/mol. The Kier molecular flexibility index (Phi) is 5.94. The van der Waals surface area contributed by atoms with Crippen LogP contribution in [0.5, 0.6) is 0 Å². The Balaban J connectivity index is 1.97. The average Bonchev–Trinajstić information content (AvgIpc) is 3.08. The van der Waals surface area contributed by atoms with Crippen LogP contribution >= 0.6 is 0 Å². The molecule has 0 amide bonds. The highest BCUT2D eigenvalue weighted by Gasteiger charge is 2.15. The molecule has 7 nitrogen and oxygen atoms in total. The zero-order chi connectivity index (χ0) is 23.0. The summed E-state index contributed by atoms with van der Waals surface area (Å²) in [6, 6.07) is 11.9. The van der Waals surface area contributed by atoms with E-state index in [1.165, 1.54) is 23.8 Å². The number of pyridine rings is 1. The van der Waals surface area contributed by atoms with Crippen LogP contribution in [0.15, 0.2) is 57.8 Å². The first-order valence-electron chi connectivity index (χ1n) is 9.93. The van der Waals surface area contributed by atoms with Gasteiger partial charge in [0.05, 0.1) is 12.6 Å². The van der Waals surface area contributed by atoms with Crippen molar-refractivity contribution in [3.05, 3.63) is 81.8 Å². The van der Waals surface area contributed by atoms with Crippen molar-refractivity contribution in [2.45, 2.75) is 20.4 Å². The van der Waals surface area contributed by atoms with Gasteiger partial charge in [0.15, 0.2) is 10.9 Å². The van der Waals surface area contributed by atoms with Crippen LogP contribution in [-0.4, -0.2) is 25.4 Å². The molecule has 0 radical (unpaired) electrons. The third-order valence-electron chi connectivity index (χ3n) is 5.32. The van der Waals surface area contributed by atoms with E-state index in [9.17, 15) is 13.4 Å². The lowest BCUT2D eigenvalue weighted by molar-refractivity contribution is 0.454. The SMILES string of the molecule is CO[SH](=O)=Nc1cc(-c2cc(C)c(=O)n(C)c2)cc2c1nc(C)n2Cc1ccc(F)cc1. The summed E-state index contributed by atoms with van der Waals surface area (Å²) in [7, 11) is 0.783. The zero-order valence-electron chi connectivity index (χ0n) is 18.2. The topological polar surface area (TPSA) is 78.5 Å². The van der Waals surface area contributed by atoms with E-state index < -0.39 is 10.9 Å². The second-order valence-corrected chi connectivity index (χ2v) is 8.62. The summed E-state index contributed by atoms with van der Waals surface area (Å²) in [5.41, 5.74) is 4.90. The summed E-state index contributed by atoms with van der Waals surface area (Å²) in [6.45, 7) is 4.12. The van der Waals surface area contributed by atoms with Gasteiger partial charge in [-0.2, -0.15) is 4.36 Å². The molecule has 4 rings (SSSR count). The molecule has 2 aromatic carbocycles. The molecule has 0 aliphatic rings. The van der Waals surface area contributed by atoms with Gasteiger partial charge >= 0.3 is 0 Å². The van der Waals surface area contributed by atoms with Crippen LogP contribution in [0.3, 0.4) is 0 Å². The molecule has 1 unspecified atom stereocenters. The van der Waals surface area contributed by atoms with Crippen LogP contribution in [0.4, 0.5) is 10.1 Å². The molecule has 0 N–H and O–H groups in total. The molecule has 0 saturated heterocycles. The van der Waals surface area contributed by atoms with Crippen LogP contribution in [0.25, 0.3) is 22.2 Å². The highest BCUT2D eigenvalue weighted by atomic mass is 32.2. The highest BCUT2D eigenvalue weighted by Crippen LogP contribution is 2.33. The number of hydrogen-bond acceptors (Lipinski definition) is 5. The number of nitrogens with zero attached hydrogens (tertiary/aromatic N) is 4. The number of fused-ring (bicyclic) bond motifs is 1. The largest absolute Gasteiger partial charge is 0.324 e. The Hall–Kier alpha value is -3.30. The predicted octanol–water partition coefficient (Wildman–Crippen LogP) is 4.06. The molecular weight excluding hydrogens is 431 g/mol. The van der Waals surface area contributed by atoms with Gasteiger partial charge in [0.1, 0.15) is 22.8 Å². The van der Waals surface area contributed by atoms with Crippen molar-refractivity contribution in [3.8, 4) is 11.1 Å². The van der Waals surface area contributed by atoms with E-state index in [-0.39, 0.29) is 11.4 Å². The Morgan fingerprint density at radius 2 is 1.84 bits per heavy atom. The molecule has 0 aliphatic carbocycles. The lowest BCUT2D eigenvalue weighted by Gasteiger charge is -2.11. The van der Waals surface area contributed by atoms with Crippen LogP contribution in [-0.2, 0) is 28.7 Å². The van der Waals surface area contributed by atoms with Gasteiger partial charge in [-0.05, 0) is 60.9 Å². The molecule has 0 saturated carbocycles.